The van der Waals surface area contributed by atoms with Crippen molar-refractivity contribution in [3.8, 4) is 11.3 Å². The number of thiophene rings is 2. The van der Waals surface area contributed by atoms with Crippen molar-refractivity contribution in [2.75, 3.05) is 0 Å². The average Bonchev–Trinajstić information content (AvgIpc) is 3.32. The summed E-state index contributed by atoms with van der Waals surface area (Å²) in [5.74, 6) is 0.633. The van der Waals surface area contributed by atoms with Gasteiger partial charge in [-0.25, -0.2) is 9.97 Å². The molecule has 0 aliphatic carbocycles. The van der Waals surface area contributed by atoms with Gasteiger partial charge in [-0.15, -0.1) is 22.7 Å². The summed E-state index contributed by atoms with van der Waals surface area (Å²) in [7, 11) is 0. The fourth-order valence-corrected chi connectivity index (χ4v) is 7.57. The highest BCUT2D eigenvalue weighted by atomic mass is 32.1. The van der Waals surface area contributed by atoms with E-state index in [0.29, 0.717) is 5.92 Å². The van der Waals surface area contributed by atoms with E-state index in [4.69, 9.17) is 9.97 Å². The molecule has 0 atom stereocenters. The summed E-state index contributed by atoms with van der Waals surface area (Å²) in [5.41, 5.74) is 5.09. The largest absolute Gasteiger partial charge is 0.236 e. The lowest BCUT2D eigenvalue weighted by Gasteiger charge is -2.22. The molecule has 35 heavy (non-hydrogen) atoms. The summed E-state index contributed by atoms with van der Waals surface area (Å²) in [6, 6.07) is 18.2. The number of aryl methyl sites for hydroxylation is 1. The van der Waals surface area contributed by atoms with Crippen molar-refractivity contribution in [3.63, 3.8) is 0 Å². The van der Waals surface area contributed by atoms with Gasteiger partial charge < -0.3 is 0 Å². The Hall–Kier alpha value is -2.82. The first-order valence-electron chi connectivity index (χ1n) is 12.3. The third kappa shape index (κ3) is 3.75. The molecule has 0 radical (unpaired) electrons. The van der Waals surface area contributed by atoms with Gasteiger partial charge in [-0.1, -0.05) is 58.9 Å². The lowest BCUT2D eigenvalue weighted by Crippen LogP contribution is -2.12. The zero-order chi connectivity index (χ0) is 24.5. The van der Waals surface area contributed by atoms with Crippen LogP contribution in [0.3, 0.4) is 0 Å². The Bertz CT molecular complexity index is 1750. The monoisotopic (exact) mass is 494 g/mol. The zero-order valence-electron chi connectivity index (χ0n) is 21.2. The van der Waals surface area contributed by atoms with Crippen LogP contribution in [0.5, 0.6) is 0 Å². The summed E-state index contributed by atoms with van der Waals surface area (Å²) in [5, 5.41) is 6.44. The number of hydrogen-bond donors (Lipinski definition) is 0. The number of aromatic nitrogens is 2. The molecule has 0 aliphatic heterocycles. The minimum atomic E-state index is 0.0323. The van der Waals surface area contributed by atoms with E-state index in [1.807, 2.05) is 11.3 Å². The molecule has 0 aliphatic rings. The highest BCUT2D eigenvalue weighted by Gasteiger charge is 2.21. The molecule has 0 bridgehead atoms. The molecule has 176 valence electrons. The van der Waals surface area contributed by atoms with Crippen molar-refractivity contribution < 1.29 is 0 Å². The molecular formula is C31H30N2S2. The van der Waals surface area contributed by atoms with Gasteiger partial charge in [0.1, 0.15) is 11.2 Å². The minimum absolute atomic E-state index is 0.0323. The van der Waals surface area contributed by atoms with Crippen molar-refractivity contribution in [2.45, 2.75) is 53.4 Å². The molecule has 6 aromatic rings. The van der Waals surface area contributed by atoms with Gasteiger partial charge in [-0.05, 0) is 76.2 Å². The number of fused-ring (bicyclic) bond motifs is 5. The molecule has 4 heteroatoms. The van der Waals surface area contributed by atoms with Crippen LogP contribution in [0.15, 0.2) is 54.9 Å². The molecular weight excluding hydrogens is 464 g/mol. The fraction of sp³-hybridized carbons (Fsp3) is 0.290. The van der Waals surface area contributed by atoms with E-state index >= 15 is 0 Å². The van der Waals surface area contributed by atoms with Gasteiger partial charge >= 0.3 is 0 Å². The zero-order valence-corrected chi connectivity index (χ0v) is 22.8. The van der Waals surface area contributed by atoms with Crippen LogP contribution in [-0.4, -0.2) is 9.97 Å². The van der Waals surface area contributed by atoms with Gasteiger partial charge in [0.15, 0.2) is 0 Å². The maximum absolute atomic E-state index is 4.88. The van der Waals surface area contributed by atoms with E-state index < -0.39 is 0 Å². The molecule has 0 unspecified atom stereocenters. The summed E-state index contributed by atoms with van der Waals surface area (Å²) in [6.45, 7) is 13.8. The second-order valence-corrected chi connectivity index (χ2v) is 13.4. The van der Waals surface area contributed by atoms with Crippen LogP contribution in [0, 0.1) is 12.8 Å². The molecule has 3 aromatic carbocycles. The SMILES string of the molecule is Cc1sc2cc3sc4ncnc(-c5cc(C(C)(C)C)c6ccccc6c5)c4c3cc2c1CC(C)C. The number of hydrogen-bond acceptors (Lipinski definition) is 4. The molecule has 0 spiro atoms. The normalized spacial score (nSPS) is 12.7. The first kappa shape index (κ1) is 22.6. The lowest BCUT2D eigenvalue weighted by molar-refractivity contribution is 0.596. The van der Waals surface area contributed by atoms with Crippen molar-refractivity contribution in [1.82, 2.24) is 9.97 Å². The Kier molecular flexibility index (Phi) is 5.24. The number of nitrogens with zero attached hydrogens (tertiary/aromatic N) is 2. The van der Waals surface area contributed by atoms with E-state index in [2.05, 4.69) is 90.1 Å². The molecule has 3 heterocycles. The smallest absolute Gasteiger partial charge is 0.128 e. The maximum atomic E-state index is 4.88. The van der Waals surface area contributed by atoms with Crippen molar-refractivity contribution in [3.05, 3.63) is 70.9 Å². The third-order valence-electron chi connectivity index (χ3n) is 6.94. The molecule has 3 aromatic heterocycles. The van der Waals surface area contributed by atoms with E-state index in [1.165, 1.54) is 57.9 Å². The Labute approximate surface area is 214 Å². The van der Waals surface area contributed by atoms with E-state index in [-0.39, 0.29) is 5.41 Å². The van der Waals surface area contributed by atoms with Gasteiger partial charge in [0.2, 0.25) is 0 Å². The van der Waals surface area contributed by atoms with Gasteiger partial charge in [-0.3, -0.25) is 0 Å². The van der Waals surface area contributed by atoms with Crippen LogP contribution >= 0.6 is 22.7 Å². The Morgan fingerprint density at radius 1 is 0.857 bits per heavy atom. The Balaban J connectivity index is 1.67. The highest BCUT2D eigenvalue weighted by molar-refractivity contribution is 7.26. The van der Waals surface area contributed by atoms with Gasteiger partial charge in [0, 0.05) is 30.6 Å². The third-order valence-corrected chi connectivity index (χ3v) is 9.11. The summed E-state index contributed by atoms with van der Waals surface area (Å²) in [6.07, 6.45) is 2.85. The van der Waals surface area contributed by atoms with E-state index in [0.717, 1.165) is 16.9 Å². The van der Waals surface area contributed by atoms with Crippen molar-refractivity contribution in [2.24, 2.45) is 5.92 Å². The van der Waals surface area contributed by atoms with Gasteiger partial charge in [0.25, 0.3) is 0 Å². The molecule has 0 saturated heterocycles. The molecule has 0 fully saturated rings. The van der Waals surface area contributed by atoms with Gasteiger partial charge in [0.05, 0.1) is 5.69 Å². The van der Waals surface area contributed by atoms with Crippen LogP contribution in [-0.2, 0) is 11.8 Å². The molecule has 0 N–H and O–H groups in total. The number of rotatable bonds is 3. The summed E-state index contributed by atoms with van der Waals surface area (Å²) >= 11 is 3.71. The first-order chi connectivity index (χ1) is 16.7. The van der Waals surface area contributed by atoms with Crippen LogP contribution in [0.1, 0.15) is 50.6 Å². The van der Waals surface area contributed by atoms with Crippen molar-refractivity contribution >= 4 is 63.8 Å². The standard InChI is InChI=1S/C31H30N2S2/c1-17(2)11-22-18(3)34-26-15-27-24(14-23(22)26)28-29(32-16-33-30(28)35-27)20-12-19-9-7-8-10-21(19)25(13-20)31(4,5)6/h7-10,12-17H,11H2,1-6H3. The summed E-state index contributed by atoms with van der Waals surface area (Å²) in [4.78, 5) is 12.1. The predicted octanol–water partition coefficient (Wildman–Crippen LogP) is 9.68. The van der Waals surface area contributed by atoms with Crippen LogP contribution in [0.2, 0.25) is 0 Å². The fourth-order valence-electron chi connectivity index (χ4n) is 5.32. The van der Waals surface area contributed by atoms with E-state index in [9.17, 15) is 0 Å². The lowest BCUT2D eigenvalue weighted by atomic mass is 9.82. The predicted molar refractivity (Wildman–Crippen MR) is 155 cm³/mol. The van der Waals surface area contributed by atoms with Crippen molar-refractivity contribution in [1.29, 1.82) is 0 Å². The average molecular weight is 495 g/mol. The Morgan fingerprint density at radius 3 is 2.40 bits per heavy atom. The second-order valence-electron chi connectivity index (χ2n) is 11.1. The second kappa shape index (κ2) is 8.11. The van der Waals surface area contributed by atoms with Crippen LogP contribution < -0.4 is 0 Å². The number of benzene rings is 3. The quantitative estimate of drug-likeness (QED) is 0.245. The van der Waals surface area contributed by atoms with E-state index in [1.54, 1.807) is 17.7 Å². The molecule has 0 saturated carbocycles. The topological polar surface area (TPSA) is 25.8 Å². The summed E-state index contributed by atoms with van der Waals surface area (Å²) < 4.78 is 2.68. The molecule has 0 amide bonds. The van der Waals surface area contributed by atoms with Crippen LogP contribution in [0.4, 0.5) is 0 Å². The minimum Gasteiger partial charge on any atom is -0.236 e. The highest BCUT2D eigenvalue weighted by Crippen LogP contribution is 2.44. The maximum Gasteiger partial charge on any atom is 0.128 e. The Morgan fingerprint density at radius 2 is 1.63 bits per heavy atom. The molecule has 6 rings (SSSR count). The van der Waals surface area contributed by atoms with Crippen LogP contribution in [0.25, 0.3) is 52.4 Å². The molecule has 2 nitrogen and oxygen atoms in total. The first-order valence-corrected chi connectivity index (χ1v) is 14.0. The van der Waals surface area contributed by atoms with Gasteiger partial charge in [-0.2, -0.15) is 0 Å².